The van der Waals surface area contributed by atoms with Crippen LogP contribution in [0.25, 0.3) is 0 Å². The third-order valence-corrected chi connectivity index (χ3v) is 4.59. The number of aromatic nitrogens is 1. The Morgan fingerprint density at radius 2 is 1.65 bits per heavy atom. The van der Waals surface area contributed by atoms with E-state index in [2.05, 4.69) is 53.7 Å². The van der Waals surface area contributed by atoms with Gasteiger partial charge in [-0.3, -0.25) is 14.6 Å². The van der Waals surface area contributed by atoms with Crippen LogP contribution < -0.4 is 5.32 Å². The molecule has 1 N–H and O–H groups in total. The van der Waals surface area contributed by atoms with E-state index >= 15 is 0 Å². The molecule has 0 aliphatic rings. The zero-order chi connectivity index (χ0) is 22.4. The number of nitrogens with zero attached hydrogens (tertiary/aromatic N) is 1. The van der Waals surface area contributed by atoms with E-state index in [9.17, 15) is 9.59 Å². The molecule has 0 radical (unpaired) electrons. The van der Waals surface area contributed by atoms with Crippen molar-refractivity contribution in [3.8, 4) is 0 Å². The van der Waals surface area contributed by atoms with Crippen LogP contribution in [0.5, 0.6) is 0 Å². The topological polar surface area (TPSA) is 68.3 Å². The maximum Gasteiger partial charge on any atom is 0.305 e. The number of allylic oxidation sites excluding steroid dienone is 6. The summed E-state index contributed by atoms with van der Waals surface area (Å²) in [6.45, 7) is 2.71. The van der Waals surface area contributed by atoms with Crippen LogP contribution in [0.4, 0.5) is 0 Å². The zero-order valence-corrected chi connectivity index (χ0v) is 18.9. The first-order valence-corrected chi connectivity index (χ1v) is 11.5. The Kier molecular flexibility index (Phi) is 16.4. The molecule has 1 rings (SSSR count). The van der Waals surface area contributed by atoms with Crippen molar-refractivity contribution >= 4 is 11.9 Å². The van der Waals surface area contributed by atoms with Gasteiger partial charge in [-0.2, -0.15) is 0 Å². The lowest BCUT2D eigenvalue weighted by atomic mass is 10.1. The fourth-order valence-corrected chi connectivity index (χ4v) is 2.82. The average Bonchev–Trinajstić information content (AvgIpc) is 2.79. The molecule has 0 spiro atoms. The van der Waals surface area contributed by atoms with E-state index in [0.717, 1.165) is 32.1 Å². The standard InChI is InChI=1S/C26H38N2O3/c1-2-3-4-5-6-7-8-9-10-11-12-13-14-15-16-19-25(29)31-22-21-28-26(30)24-18-17-20-27-23-24/h6-7,9-10,12-13,17-18,20,23H,2-5,8,11,14-16,19,21-22H2,1H3,(H,28,30). The Bertz CT molecular complexity index is 681. The molecule has 31 heavy (non-hydrogen) atoms. The van der Waals surface area contributed by atoms with Crippen LogP contribution in [0, 0.1) is 0 Å². The first-order chi connectivity index (χ1) is 15.2. The number of ether oxygens (including phenoxy) is 1. The lowest BCUT2D eigenvalue weighted by molar-refractivity contribution is -0.143. The van der Waals surface area contributed by atoms with Gasteiger partial charge in [-0.05, 0) is 57.1 Å². The molecule has 0 bridgehead atoms. The second-order valence-electron chi connectivity index (χ2n) is 7.35. The Labute approximate surface area is 187 Å². The maximum atomic E-state index is 11.8. The summed E-state index contributed by atoms with van der Waals surface area (Å²) in [6, 6.07) is 3.39. The van der Waals surface area contributed by atoms with Crippen molar-refractivity contribution < 1.29 is 14.3 Å². The molecule has 0 saturated carbocycles. The van der Waals surface area contributed by atoms with Crippen LogP contribution in [-0.2, 0) is 9.53 Å². The van der Waals surface area contributed by atoms with Crippen LogP contribution in [0.3, 0.4) is 0 Å². The Hall–Kier alpha value is -2.69. The van der Waals surface area contributed by atoms with Crippen LogP contribution in [0.2, 0.25) is 0 Å². The highest BCUT2D eigenvalue weighted by Gasteiger charge is 2.05. The second-order valence-corrected chi connectivity index (χ2v) is 7.35. The van der Waals surface area contributed by atoms with Crippen LogP contribution in [0.1, 0.15) is 81.5 Å². The summed E-state index contributed by atoms with van der Waals surface area (Å²) >= 11 is 0. The highest BCUT2D eigenvalue weighted by Crippen LogP contribution is 2.04. The van der Waals surface area contributed by atoms with Crippen molar-refractivity contribution in [3.63, 3.8) is 0 Å². The van der Waals surface area contributed by atoms with Crippen molar-refractivity contribution in [3.05, 3.63) is 66.5 Å². The normalized spacial score (nSPS) is 11.5. The Morgan fingerprint density at radius 3 is 2.29 bits per heavy atom. The monoisotopic (exact) mass is 426 g/mol. The predicted molar refractivity (Wildman–Crippen MR) is 127 cm³/mol. The van der Waals surface area contributed by atoms with Gasteiger partial charge in [0, 0.05) is 18.8 Å². The molecule has 1 aromatic rings. The molecule has 0 aliphatic carbocycles. The summed E-state index contributed by atoms with van der Waals surface area (Å²) in [7, 11) is 0. The number of carbonyl (C=O) groups is 2. The molecule has 5 nitrogen and oxygen atoms in total. The minimum Gasteiger partial charge on any atom is -0.464 e. The number of esters is 1. The van der Waals surface area contributed by atoms with E-state index in [1.165, 1.54) is 31.9 Å². The molecule has 1 heterocycles. The van der Waals surface area contributed by atoms with Crippen molar-refractivity contribution in [1.82, 2.24) is 10.3 Å². The first kappa shape index (κ1) is 26.3. The molecule has 0 fully saturated rings. The smallest absolute Gasteiger partial charge is 0.305 e. The van der Waals surface area contributed by atoms with Crippen LogP contribution >= 0.6 is 0 Å². The third-order valence-electron chi connectivity index (χ3n) is 4.59. The summed E-state index contributed by atoms with van der Waals surface area (Å²) in [5.41, 5.74) is 0.493. The summed E-state index contributed by atoms with van der Waals surface area (Å²) in [6.07, 6.45) is 26.6. The lowest BCUT2D eigenvalue weighted by Gasteiger charge is -2.06. The molecule has 0 aromatic carbocycles. The van der Waals surface area contributed by atoms with E-state index in [4.69, 9.17) is 4.74 Å². The number of unbranched alkanes of at least 4 members (excludes halogenated alkanes) is 5. The van der Waals surface area contributed by atoms with Crippen molar-refractivity contribution in [2.24, 2.45) is 0 Å². The van der Waals surface area contributed by atoms with Crippen LogP contribution in [0.15, 0.2) is 61.0 Å². The number of hydrogen-bond acceptors (Lipinski definition) is 4. The molecule has 0 aliphatic heterocycles. The second kappa shape index (κ2) is 19.3. The van der Waals surface area contributed by atoms with Gasteiger partial charge >= 0.3 is 5.97 Å². The van der Waals surface area contributed by atoms with E-state index in [0.29, 0.717) is 18.5 Å². The van der Waals surface area contributed by atoms with Crippen LogP contribution in [-0.4, -0.2) is 30.0 Å². The summed E-state index contributed by atoms with van der Waals surface area (Å²) < 4.78 is 5.15. The molecule has 0 unspecified atom stereocenters. The molecular weight excluding hydrogens is 388 g/mol. The number of hydrogen-bond donors (Lipinski definition) is 1. The third kappa shape index (κ3) is 15.8. The minimum atomic E-state index is -0.218. The average molecular weight is 427 g/mol. The van der Waals surface area contributed by atoms with Crippen molar-refractivity contribution in [1.29, 1.82) is 0 Å². The molecule has 0 saturated heterocycles. The Balaban J connectivity index is 1.92. The number of rotatable bonds is 17. The SMILES string of the molecule is CCCCCC=CCC=CCC=CCCCCC(=O)OCCNC(=O)c1cccnc1. The number of amides is 1. The lowest BCUT2D eigenvalue weighted by Crippen LogP contribution is -2.28. The largest absolute Gasteiger partial charge is 0.464 e. The highest BCUT2D eigenvalue weighted by molar-refractivity contribution is 5.93. The van der Waals surface area contributed by atoms with E-state index in [-0.39, 0.29) is 18.5 Å². The predicted octanol–water partition coefficient (Wildman–Crippen LogP) is 5.94. The quantitative estimate of drug-likeness (QED) is 0.190. The van der Waals surface area contributed by atoms with Gasteiger partial charge in [0.05, 0.1) is 12.1 Å². The van der Waals surface area contributed by atoms with E-state index in [1.54, 1.807) is 18.3 Å². The molecular formula is C26H38N2O3. The molecule has 5 heteroatoms. The summed E-state index contributed by atoms with van der Waals surface area (Å²) in [5.74, 6) is -0.435. The van der Waals surface area contributed by atoms with Gasteiger partial charge in [0.1, 0.15) is 6.61 Å². The van der Waals surface area contributed by atoms with Gasteiger partial charge in [-0.1, -0.05) is 56.2 Å². The number of carbonyl (C=O) groups excluding carboxylic acids is 2. The Morgan fingerprint density at radius 1 is 0.968 bits per heavy atom. The highest BCUT2D eigenvalue weighted by atomic mass is 16.5. The van der Waals surface area contributed by atoms with E-state index in [1.807, 2.05) is 0 Å². The van der Waals surface area contributed by atoms with Gasteiger partial charge < -0.3 is 10.1 Å². The van der Waals surface area contributed by atoms with Crippen molar-refractivity contribution in [2.45, 2.75) is 71.1 Å². The maximum absolute atomic E-state index is 11.8. The number of pyridine rings is 1. The molecule has 1 aromatic heterocycles. The fraction of sp³-hybridized carbons (Fsp3) is 0.500. The fourth-order valence-electron chi connectivity index (χ4n) is 2.82. The van der Waals surface area contributed by atoms with Gasteiger partial charge in [-0.15, -0.1) is 0 Å². The molecule has 1 amide bonds. The minimum absolute atomic E-state index is 0.186. The molecule has 0 atom stereocenters. The summed E-state index contributed by atoms with van der Waals surface area (Å²) in [5, 5.41) is 2.70. The van der Waals surface area contributed by atoms with E-state index < -0.39 is 0 Å². The zero-order valence-electron chi connectivity index (χ0n) is 18.9. The van der Waals surface area contributed by atoms with Gasteiger partial charge in [0.15, 0.2) is 0 Å². The first-order valence-electron chi connectivity index (χ1n) is 11.5. The van der Waals surface area contributed by atoms with Gasteiger partial charge in [0.2, 0.25) is 0 Å². The van der Waals surface area contributed by atoms with Gasteiger partial charge in [0.25, 0.3) is 5.91 Å². The van der Waals surface area contributed by atoms with Crippen molar-refractivity contribution in [2.75, 3.05) is 13.2 Å². The van der Waals surface area contributed by atoms with Gasteiger partial charge in [-0.25, -0.2) is 0 Å². The molecule has 170 valence electrons. The number of nitrogens with one attached hydrogen (secondary N) is 1. The summed E-state index contributed by atoms with van der Waals surface area (Å²) in [4.78, 5) is 27.4.